The predicted molar refractivity (Wildman–Crippen MR) is 79.2 cm³/mol. The second-order valence-electron chi connectivity index (χ2n) is 4.67. The van der Waals surface area contributed by atoms with Crippen molar-refractivity contribution in [3.05, 3.63) is 63.9 Å². The van der Waals surface area contributed by atoms with Gasteiger partial charge >= 0.3 is 0 Å². The van der Waals surface area contributed by atoms with Gasteiger partial charge in [0.25, 0.3) is 5.91 Å². The summed E-state index contributed by atoms with van der Waals surface area (Å²) in [6, 6.07) is 12.1. The summed E-state index contributed by atoms with van der Waals surface area (Å²) in [6.45, 7) is 0. The molecule has 5 heteroatoms. The average molecular weight is 335 g/mol. The molecule has 2 aromatic rings. The predicted octanol–water partition coefficient (Wildman–Crippen LogP) is 3.47. The van der Waals surface area contributed by atoms with Crippen molar-refractivity contribution in [3.8, 4) is 0 Å². The molecule has 3 nitrogen and oxygen atoms in total. The van der Waals surface area contributed by atoms with Crippen molar-refractivity contribution in [2.45, 2.75) is 6.17 Å². The minimum absolute atomic E-state index is 0.189. The number of anilines is 1. The molecule has 1 aliphatic rings. The zero-order valence-electron chi connectivity index (χ0n) is 10.7. The normalized spacial score (nSPS) is 17.6. The van der Waals surface area contributed by atoms with Gasteiger partial charge in [0.05, 0.1) is 11.3 Å². The van der Waals surface area contributed by atoms with Gasteiger partial charge in [0.1, 0.15) is 12.0 Å². The van der Waals surface area contributed by atoms with Gasteiger partial charge in [0, 0.05) is 17.1 Å². The highest BCUT2D eigenvalue weighted by Crippen LogP contribution is 2.33. The Morgan fingerprint density at radius 3 is 2.75 bits per heavy atom. The number of carbonyl (C=O) groups excluding carboxylic acids is 1. The van der Waals surface area contributed by atoms with E-state index in [1.165, 1.54) is 6.07 Å². The number of carbonyl (C=O) groups is 1. The standard InChI is InChI=1S/C15H12BrFN2O/c1-19-13-5-3-2-4-11(13)15(20)18-14(19)10-7-6-9(16)8-12(10)17/h2-8,14H,1H3,(H,18,20)/t14-/m1/s1. The molecule has 0 saturated carbocycles. The molecule has 102 valence electrons. The first-order valence-corrected chi connectivity index (χ1v) is 6.95. The Hall–Kier alpha value is -1.88. The number of hydrogen-bond acceptors (Lipinski definition) is 2. The van der Waals surface area contributed by atoms with Gasteiger partial charge in [-0.15, -0.1) is 0 Å². The van der Waals surface area contributed by atoms with E-state index < -0.39 is 6.17 Å². The molecule has 0 bridgehead atoms. The highest BCUT2D eigenvalue weighted by molar-refractivity contribution is 9.10. The Bertz CT molecular complexity index is 689. The molecule has 0 aromatic heterocycles. The van der Waals surface area contributed by atoms with Crippen LogP contribution in [0, 0.1) is 5.82 Å². The zero-order chi connectivity index (χ0) is 14.3. The summed E-state index contributed by atoms with van der Waals surface area (Å²) in [6.07, 6.45) is -0.509. The maximum atomic E-state index is 14.1. The molecule has 1 amide bonds. The van der Waals surface area contributed by atoms with Gasteiger partial charge in [-0.2, -0.15) is 0 Å². The lowest BCUT2D eigenvalue weighted by atomic mass is 10.0. The number of nitrogens with zero attached hydrogens (tertiary/aromatic N) is 1. The number of amides is 1. The number of benzene rings is 2. The number of hydrogen-bond donors (Lipinski definition) is 1. The molecule has 1 atom stereocenters. The Morgan fingerprint density at radius 1 is 1.25 bits per heavy atom. The van der Waals surface area contributed by atoms with Crippen LogP contribution in [-0.4, -0.2) is 13.0 Å². The lowest BCUT2D eigenvalue weighted by molar-refractivity contribution is 0.0927. The van der Waals surface area contributed by atoms with Gasteiger partial charge in [0.15, 0.2) is 0 Å². The summed E-state index contributed by atoms with van der Waals surface area (Å²) >= 11 is 3.23. The summed E-state index contributed by atoms with van der Waals surface area (Å²) in [4.78, 5) is 14.0. The molecule has 1 aliphatic heterocycles. The van der Waals surface area contributed by atoms with Crippen molar-refractivity contribution < 1.29 is 9.18 Å². The molecule has 0 saturated heterocycles. The third kappa shape index (κ3) is 2.08. The number of rotatable bonds is 1. The van der Waals surface area contributed by atoms with E-state index in [4.69, 9.17) is 0 Å². The third-order valence-electron chi connectivity index (χ3n) is 3.44. The molecule has 20 heavy (non-hydrogen) atoms. The number of halogens is 2. The molecule has 0 spiro atoms. The maximum absolute atomic E-state index is 14.1. The van der Waals surface area contributed by atoms with E-state index in [1.807, 2.05) is 30.1 Å². The molecule has 3 rings (SSSR count). The number of nitrogens with one attached hydrogen (secondary N) is 1. The summed E-state index contributed by atoms with van der Waals surface area (Å²) in [5.41, 5.74) is 1.84. The number of fused-ring (bicyclic) bond motifs is 1. The molecule has 2 aromatic carbocycles. The molecule has 0 fully saturated rings. The van der Waals surface area contributed by atoms with E-state index in [0.717, 1.165) is 5.69 Å². The van der Waals surface area contributed by atoms with Gasteiger partial charge in [-0.3, -0.25) is 4.79 Å². The highest BCUT2D eigenvalue weighted by Gasteiger charge is 2.30. The fourth-order valence-electron chi connectivity index (χ4n) is 2.42. The van der Waals surface area contributed by atoms with Crippen LogP contribution >= 0.6 is 15.9 Å². The maximum Gasteiger partial charge on any atom is 0.255 e. The van der Waals surface area contributed by atoms with E-state index in [2.05, 4.69) is 21.2 Å². The fraction of sp³-hybridized carbons (Fsp3) is 0.133. The Labute approximate surface area is 124 Å². The van der Waals surface area contributed by atoms with Gasteiger partial charge in [0.2, 0.25) is 0 Å². The summed E-state index contributed by atoms with van der Waals surface area (Å²) in [5, 5.41) is 2.83. The van der Waals surface area contributed by atoms with Crippen LogP contribution in [0.1, 0.15) is 22.1 Å². The van der Waals surface area contributed by atoms with Crippen molar-refractivity contribution >= 4 is 27.5 Å². The second-order valence-corrected chi connectivity index (χ2v) is 5.59. The van der Waals surface area contributed by atoms with E-state index in [-0.39, 0.29) is 11.7 Å². The lowest BCUT2D eigenvalue weighted by Crippen LogP contribution is -2.44. The average Bonchev–Trinajstić information content (AvgIpc) is 2.43. The van der Waals surface area contributed by atoms with Crippen LogP contribution in [0.2, 0.25) is 0 Å². The monoisotopic (exact) mass is 334 g/mol. The Morgan fingerprint density at radius 2 is 2.00 bits per heavy atom. The van der Waals surface area contributed by atoms with Crippen molar-refractivity contribution in [3.63, 3.8) is 0 Å². The van der Waals surface area contributed by atoms with Crippen LogP contribution in [0.15, 0.2) is 46.9 Å². The van der Waals surface area contributed by atoms with Crippen molar-refractivity contribution in [2.24, 2.45) is 0 Å². The molecule has 1 N–H and O–H groups in total. The van der Waals surface area contributed by atoms with Crippen LogP contribution in [0.4, 0.5) is 10.1 Å². The Kier molecular flexibility index (Phi) is 3.22. The molecule has 0 unspecified atom stereocenters. The summed E-state index contributed by atoms with van der Waals surface area (Å²) in [5.74, 6) is -0.540. The first-order valence-electron chi connectivity index (χ1n) is 6.15. The van der Waals surface area contributed by atoms with Crippen molar-refractivity contribution in [1.82, 2.24) is 5.32 Å². The molecule has 0 aliphatic carbocycles. The van der Waals surface area contributed by atoms with E-state index in [0.29, 0.717) is 15.6 Å². The zero-order valence-corrected chi connectivity index (χ0v) is 12.3. The topological polar surface area (TPSA) is 32.3 Å². The largest absolute Gasteiger partial charge is 0.350 e. The molecular weight excluding hydrogens is 323 g/mol. The van der Waals surface area contributed by atoms with Gasteiger partial charge in [-0.25, -0.2) is 4.39 Å². The van der Waals surface area contributed by atoms with Crippen LogP contribution in [-0.2, 0) is 0 Å². The van der Waals surface area contributed by atoms with Crippen LogP contribution in [0.25, 0.3) is 0 Å². The quantitative estimate of drug-likeness (QED) is 0.866. The van der Waals surface area contributed by atoms with Crippen molar-refractivity contribution in [2.75, 3.05) is 11.9 Å². The van der Waals surface area contributed by atoms with Crippen LogP contribution in [0.3, 0.4) is 0 Å². The second kappa shape index (κ2) is 4.90. The minimum Gasteiger partial charge on any atom is -0.350 e. The van der Waals surface area contributed by atoms with Gasteiger partial charge in [-0.05, 0) is 24.3 Å². The minimum atomic E-state index is -0.509. The highest BCUT2D eigenvalue weighted by atomic mass is 79.9. The van der Waals surface area contributed by atoms with Gasteiger partial charge < -0.3 is 10.2 Å². The van der Waals surface area contributed by atoms with Crippen LogP contribution < -0.4 is 10.2 Å². The summed E-state index contributed by atoms with van der Waals surface area (Å²) in [7, 11) is 1.84. The molecular formula is C15H12BrFN2O. The van der Waals surface area contributed by atoms with E-state index in [1.54, 1.807) is 18.2 Å². The number of para-hydroxylation sites is 1. The van der Waals surface area contributed by atoms with Crippen molar-refractivity contribution in [1.29, 1.82) is 0 Å². The SMILES string of the molecule is CN1c2ccccc2C(=O)N[C@H]1c1ccc(Br)cc1F. The first kappa shape index (κ1) is 13.1. The van der Waals surface area contributed by atoms with E-state index in [9.17, 15) is 9.18 Å². The molecule has 0 radical (unpaired) electrons. The first-order chi connectivity index (χ1) is 9.58. The van der Waals surface area contributed by atoms with E-state index >= 15 is 0 Å². The smallest absolute Gasteiger partial charge is 0.255 e. The van der Waals surface area contributed by atoms with Gasteiger partial charge in [-0.1, -0.05) is 34.1 Å². The fourth-order valence-corrected chi connectivity index (χ4v) is 2.75. The lowest BCUT2D eigenvalue weighted by Gasteiger charge is -2.36. The molecule has 1 heterocycles. The third-order valence-corrected chi connectivity index (χ3v) is 3.93. The Balaban J connectivity index is 2.07. The summed E-state index contributed by atoms with van der Waals surface area (Å²) < 4.78 is 14.8. The van der Waals surface area contributed by atoms with Crippen LogP contribution in [0.5, 0.6) is 0 Å².